The molecule has 0 saturated carbocycles. The number of hydrogen-bond acceptors (Lipinski definition) is 5. The van der Waals surface area contributed by atoms with E-state index in [0.29, 0.717) is 10.7 Å². The molecule has 1 N–H and O–H groups in total. The minimum atomic E-state index is -0.484. The zero-order valence-corrected chi connectivity index (χ0v) is 15.9. The maximum atomic E-state index is 12.2. The number of nitro benzene ring substituents is 1. The van der Waals surface area contributed by atoms with Crippen LogP contribution >= 0.6 is 27.3 Å². The fourth-order valence-electron chi connectivity index (χ4n) is 2.43. The first-order valence-electron chi connectivity index (χ1n) is 7.72. The van der Waals surface area contributed by atoms with Crippen molar-refractivity contribution in [3.63, 3.8) is 0 Å². The zero-order valence-electron chi connectivity index (χ0n) is 13.5. The molecule has 0 aliphatic rings. The molecule has 0 aliphatic heterocycles. The lowest BCUT2D eigenvalue weighted by atomic mass is 10.1. The number of rotatable bonds is 6. The molecule has 0 aliphatic carbocycles. The summed E-state index contributed by atoms with van der Waals surface area (Å²) in [6.07, 6.45) is 2.39. The van der Waals surface area contributed by atoms with Crippen LogP contribution in [0.3, 0.4) is 0 Å². The molecule has 0 saturated heterocycles. The average molecular weight is 432 g/mol. The van der Waals surface area contributed by atoms with Gasteiger partial charge in [0, 0.05) is 33.6 Å². The molecular weight excluding hydrogens is 418 g/mol. The predicted molar refractivity (Wildman–Crippen MR) is 104 cm³/mol. The maximum Gasteiger partial charge on any atom is 0.273 e. The molecule has 0 radical (unpaired) electrons. The fraction of sp³-hybridized carbons (Fsp3) is 0.111. The van der Waals surface area contributed by atoms with Crippen molar-refractivity contribution in [1.82, 2.24) is 4.98 Å². The summed E-state index contributed by atoms with van der Waals surface area (Å²) >= 11 is 4.80. The van der Waals surface area contributed by atoms with Crippen LogP contribution in [0.1, 0.15) is 16.0 Å². The van der Waals surface area contributed by atoms with E-state index in [1.54, 1.807) is 24.4 Å². The third-order valence-corrected chi connectivity index (χ3v) is 5.07. The van der Waals surface area contributed by atoms with Crippen LogP contribution in [0.4, 0.5) is 10.8 Å². The summed E-state index contributed by atoms with van der Waals surface area (Å²) in [5.74, 6) is -0.330. The van der Waals surface area contributed by atoms with Crippen LogP contribution in [-0.2, 0) is 17.6 Å². The lowest BCUT2D eigenvalue weighted by Gasteiger charge is -2.03. The molecule has 3 aromatic rings. The molecule has 0 fully saturated rings. The van der Waals surface area contributed by atoms with Crippen molar-refractivity contribution in [1.29, 1.82) is 0 Å². The van der Waals surface area contributed by atoms with E-state index in [2.05, 4.69) is 26.2 Å². The highest BCUT2D eigenvalue weighted by Crippen LogP contribution is 2.23. The van der Waals surface area contributed by atoms with E-state index in [9.17, 15) is 14.9 Å². The van der Waals surface area contributed by atoms with E-state index in [1.807, 2.05) is 24.3 Å². The number of hydrogen-bond donors (Lipinski definition) is 1. The number of nitrogens with zero attached hydrogens (tertiary/aromatic N) is 2. The summed E-state index contributed by atoms with van der Waals surface area (Å²) in [5.41, 5.74) is 1.47. The molecule has 1 heterocycles. The number of carbonyl (C=O) groups is 1. The van der Waals surface area contributed by atoms with Gasteiger partial charge in [-0.15, -0.1) is 11.3 Å². The van der Waals surface area contributed by atoms with E-state index >= 15 is 0 Å². The number of thiazole rings is 1. The van der Waals surface area contributed by atoms with Crippen molar-refractivity contribution in [3.05, 3.63) is 85.3 Å². The topological polar surface area (TPSA) is 85.1 Å². The first kappa shape index (κ1) is 18.2. The summed E-state index contributed by atoms with van der Waals surface area (Å²) in [4.78, 5) is 28.0. The standard InChI is InChI=1S/C18H14BrN3O3S/c19-14-7-5-12(6-8-14)9-15-11-20-18(26-15)21-17(23)10-13-3-1-2-4-16(13)22(24)25/h1-8,11H,9-10H2,(H,20,21,23). The van der Waals surface area contributed by atoms with Crippen LogP contribution in [0.25, 0.3) is 0 Å². The number of nitrogens with one attached hydrogen (secondary N) is 1. The first-order chi connectivity index (χ1) is 12.5. The smallest absolute Gasteiger partial charge is 0.273 e. The van der Waals surface area contributed by atoms with Gasteiger partial charge in [-0.05, 0) is 17.7 Å². The Morgan fingerprint density at radius 1 is 1.19 bits per heavy atom. The number of para-hydroxylation sites is 1. The average Bonchev–Trinajstić information content (AvgIpc) is 3.04. The predicted octanol–water partition coefficient (Wildman–Crippen LogP) is 4.59. The Balaban J connectivity index is 1.63. The number of aromatic nitrogens is 1. The molecule has 0 bridgehead atoms. The van der Waals surface area contributed by atoms with Crippen molar-refractivity contribution >= 4 is 44.0 Å². The maximum absolute atomic E-state index is 12.2. The van der Waals surface area contributed by atoms with Gasteiger partial charge in [-0.3, -0.25) is 14.9 Å². The van der Waals surface area contributed by atoms with Gasteiger partial charge in [-0.2, -0.15) is 0 Å². The highest BCUT2D eigenvalue weighted by atomic mass is 79.9. The summed E-state index contributed by atoms with van der Waals surface area (Å²) in [5, 5.41) is 14.2. The summed E-state index contributed by atoms with van der Waals surface area (Å²) < 4.78 is 1.02. The van der Waals surface area contributed by atoms with Crippen LogP contribution in [0, 0.1) is 10.1 Å². The number of benzene rings is 2. The molecule has 6 nitrogen and oxygen atoms in total. The summed E-state index contributed by atoms with van der Waals surface area (Å²) in [6, 6.07) is 14.2. The quantitative estimate of drug-likeness (QED) is 0.456. The number of halogens is 1. The van der Waals surface area contributed by atoms with Gasteiger partial charge < -0.3 is 5.32 Å². The number of nitro groups is 1. The summed E-state index contributed by atoms with van der Waals surface area (Å²) in [7, 11) is 0. The largest absolute Gasteiger partial charge is 0.302 e. The van der Waals surface area contributed by atoms with Crippen molar-refractivity contribution in [2.24, 2.45) is 0 Å². The van der Waals surface area contributed by atoms with E-state index < -0.39 is 4.92 Å². The second-order valence-corrected chi connectivity index (χ2v) is 7.58. The Labute approximate surface area is 162 Å². The third kappa shape index (κ3) is 4.74. The third-order valence-electron chi connectivity index (χ3n) is 3.63. The van der Waals surface area contributed by atoms with Gasteiger partial charge in [0.25, 0.3) is 5.69 Å². The van der Waals surface area contributed by atoms with E-state index in [4.69, 9.17) is 0 Å². The van der Waals surface area contributed by atoms with Crippen LogP contribution in [0.2, 0.25) is 0 Å². The molecule has 8 heteroatoms. The molecule has 3 rings (SSSR count). The number of carbonyl (C=O) groups excluding carboxylic acids is 1. The van der Waals surface area contributed by atoms with Gasteiger partial charge in [0.15, 0.2) is 5.13 Å². The van der Waals surface area contributed by atoms with Gasteiger partial charge >= 0.3 is 0 Å². The Hall–Kier alpha value is -2.58. The van der Waals surface area contributed by atoms with Gasteiger partial charge in [-0.1, -0.05) is 46.3 Å². The Bertz CT molecular complexity index is 941. The minimum Gasteiger partial charge on any atom is -0.302 e. The molecular formula is C18H14BrN3O3S. The Morgan fingerprint density at radius 2 is 1.92 bits per heavy atom. The van der Waals surface area contributed by atoms with Crippen molar-refractivity contribution in [2.75, 3.05) is 5.32 Å². The van der Waals surface area contributed by atoms with E-state index in [1.165, 1.54) is 17.4 Å². The molecule has 132 valence electrons. The second kappa shape index (κ2) is 8.20. The zero-order chi connectivity index (χ0) is 18.5. The van der Waals surface area contributed by atoms with Crippen molar-refractivity contribution in [2.45, 2.75) is 12.8 Å². The number of amides is 1. The van der Waals surface area contributed by atoms with E-state index in [-0.39, 0.29) is 18.0 Å². The van der Waals surface area contributed by atoms with Crippen molar-refractivity contribution in [3.8, 4) is 0 Å². The van der Waals surface area contributed by atoms with E-state index in [0.717, 1.165) is 21.3 Å². The Morgan fingerprint density at radius 3 is 2.65 bits per heavy atom. The fourth-order valence-corrected chi connectivity index (χ4v) is 3.55. The lowest BCUT2D eigenvalue weighted by molar-refractivity contribution is -0.385. The van der Waals surface area contributed by atoms with Gasteiger partial charge in [0.2, 0.25) is 5.91 Å². The molecule has 0 spiro atoms. The van der Waals surface area contributed by atoms with Crippen LogP contribution in [0.15, 0.2) is 59.2 Å². The van der Waals surface area contributed by atoms with Gasteiger partial charge in [-0.25, -0.2) is 4.98 Å². The summed E-state index contributed by atoms with van der Waals surface area (Å²) in [6.45, 7) is 0. The highest BCUT2D eigenvalue weighted by molar-refractivity contribution is 9.10. The first-order valence-corrected chi connectivity index (χ1v) is 9.33. The monoisotopic (exact) mass is 431 g/mol. The van der Waals surface area contributed by atoms with Gasteiger partial charge in [0.1, 0.15) is 0 Å². The molecule has 0 unspecified atom stereocenters. The SMILES string of the molecule is O=C(Cc1ccccc1[N+](=O)[O-])Nc1ncc(Cc2ccc(Br)cc2)s1. The normalized spacial score (nSPS) is 10.5. The van der Waals surface area contributed by atoms with Crippen LogP contribution in [-0.4, -0.2) is 15.8 Å². The highest BCUT2D eigenvalue weighted by Gasteiger charge is 2.16. The minimum absolute atomic E-state index is 0.0577. The Kier molecular flexibility index (Phi) is 5.75. The lowest BCUT2D eigenvalue weighted by Crippen LogP contribution is -2.15. The van der Waals surface area contributed by atoms with Crippen LogP contribution < -0.4 is 5.32 Å². The molecule has 2 aromatic carbocycles. The second-order valence-electron chi connectivity index (χ2n) is 5.55. The molecule has 0 atom stereocenters. The molecule has 1 aromatic heterocycles. The molecule has 1 amide bonds. The van der Waals surface area contributed by atoms with Gasteiger partial charge in [0.05, 0.1) is 11.3 Å². The number of anilines is 1. The molecule has 26 heavy (non-hydrogen) atoms. The van der Waals surface area contributed by atoms with Crippen molar-refractivity contribution < 1.29 is 9.72 Å². The van der Waals surface area contributed by atoms with Crippen LogP contribution in [0.5, 0.6) is 0 Å².